The van der Waals surface area contributed by atoms with Crippen molar-refractivity contribution < 1.29 is 4.79 Å². The molecule has 3 heterocycles. The molecule has 2 fully saturated rings. The molecule has 1 saturated carbocycles. The van der Waals surface area contributed by atoms with Crippen molar-refractivity contribution in [3.8, 4) is 0 Å². The summed E-state index contributed by atoms with van der Waals surface area (Å²) in [6.07, 6.45) is 11.6. The van der Waals surface area contributed by atoms with Crippen LogP contribution >= 0.6 is 11.3 Å². The zero-order valence-electron chi connectivity index (χ0n) is 15.9. The Hall–Kier alpha value is -1.72. The number of hydrogen-bond acceptors (Lipinski definition) is 4. The van der Waals surface area contributed by atoms with Gasteiger partial charge >= 0.3 is 0 Å². The second-order valence-corrected chi connectivity index (χ2v) is 8.83. The normalized spacial score (nSPS) is 21.0. The number of aryl methyl sites for hydroxylation is 1. The Morgan fingerprint density at radius 3 is 2.85 bits per heavy atom. The molecule has 1 aliphatic heterocycles. The fraction of sp³-hybridized carbons (Fsp3) is 0.545. The van der Waals surface area contributed by atoms with Crippen LogP contribution in [0.5, 0.6) is 0 Å². The molecule has 2 aliphatic rings. The quantitative estimate of drug-likeness (QED) is 0.712. The molecular weight excluding hydrogens is 354 g/mol. The summed E-state index contributed by atoms with van der Waals surface area (Å²) in [6.45, 7) is 1.92. The lowest BCUT2D eigenvalue weighted by Gasteiger charge is -2.29. The molecule has 2 aromatic heterocycles. The Labute approximate surface area is 166 Å². The summed E-state index contributed by atoms with van der Waals surface area (Å²) in [4.78, 5) is 21.8. The molecule has 1 unspecified atom stereocenters. The Bertz CT molecular complexity index is 739. The minimum Gasteiger partial charge on any atom is -0.351 e. The van der Waals surface area contributed by atoms with Crippen LogP contribution in [-0.2, 0) is 6.42 Å². The van der Waals surface area contributed by atoms with Gasteiger partial charge in [-0.15, -0.1) is 11.3 Å². The molecule has 4 rings (SSSR count). The third-order valence-electron chi connectivity index (χ3n) is 5.89. The summed E-state index contributed by atoms with van der Waals surface area (Å²) in [5, 5.41) is 3.07. The number of amides is 1. The van der Waals surface area contributed by atoms with Gasteiger partial charge in [-0.05, 0) is 69.3 Å². The van der Waals surface area contributed by atoms with Crippen LogP contribution in [0.25, 0.3) is 0 Å². The first-order chi connectivity index (χ1) is 13.3. The highest BCUT2D eigenvalue weighted by Crippen LogP contribution is 2.40. The molecule has 2 aromatic rings. The Morgan fingerprint density at radius 1 is 1.15 bits per heavy atom. The van der Waals surface area contributed by atoms with Gasteiger partial charge in [0.05, 0.1) is 4.88 Å². The molecule has 1 N–H and O–H groups in total. The number of aromatic nitrogens is 1. The number of nitrogens with one attached hydrogen (secondary N) is 1. The van der Waals surface area contributed by atoms with E-state index in [0.717, 1.165) is 29.5 Å². The minimum absolute atomic E-state index is 0.0673. The molecule has 0 radical (unpaired) electrons. The predicted molar refractivity (Wildman–Crippen MR) is 110 cm³/mol. The van der Waals surface area contributed by atoms with Crippen molar-refractivity contribution in [1.82, 2.24) is 15.2 Å². The molecular formula is C22H29N3OS. The lowest BCUT2D eigenvalue weighted by atomic mass is 10.1. The predicted octanol–water partition coefficient (Wildman–Crippen LogP) is 4.59. The maximum absolute atomic E-state index is 12.5. The van der Waals surface area contributed by atoms with Crippen molar-refractivity contribution in [2.75, 3.05) is 13.1 Å². The fourth-order valence-corrected chi connectivity index (χ4v) is 5.61. The van der Waals surface area contributed by atoms with Gasteiger partial charge in [0.1, 0.15) is 0 Å². The summed E-state index contributed by atoms with van der Waals surface area (Å²) in [5.74, 6) is 0.0673. The molecule has 0 bridgehead atoms. The van der Waals surface area contributed by atoms with E-state index in [9.17, 15) is 4.79 Å². The minimum atomic E-state index is 0.0673. The average molecular weight is 384 g/mol. The van der Waals surface area contributed by atoms with Crippen LogP contribution in [-0.4, -0.2) is 34.9 Å². The highest BCUT2D eigenvalue weighted by molar-refractivity contribution is 7.14. The smallest absolute Gasteiger partial charge is 0.261 e. The van der Waals surface area contributed by atoms with Gasteiger partial charge in [-0.2, -0.15) is 0 Å². The maximum Gasteiger partial charge on any atom is 0.261 e. The lowest BCUT2D eigenvalue weighted by Crippen LogP contribution is -2.32. The molecule has 0 spiro atoms. The van der Waals surface area contributed by atoms with Crippen LogP contribution < -0.4 is 5.32 Å². The highest BCUT2D eigenvalue weighted by atomic mass is 32.1. The Balaban J connectivity index is 1.28. The number of nitrogens with zero attached hydrogens (tertiary/aromatic N) is 2. The summed E-state index contributed by atoms with van der Waals surface area (Å²) in [6, 6.07) is 11.5. The first-order valence-electron chi connectivity index (χ1n) is 10.3. The van der Waals surface area contributed by atoms with Gasteiger partial charge < -0.3 is 5.32 Å². The van der Waals surface area contributed by atoms with Gasteiger partial charge in [0.2, 0.25) is 0 Å². The number of hydrogen-bond donors (Lipinski definition) is 1. The molecule has 1 amide bonds. The van der Waals surface area contributed by atoms with Gasteiger partial charge in [-0.1, -0.05) is 18.9 Å². The molecule has 27 heavy (non-hydrogen) atoms. The first kappa shape index (κ1) is 18.6. The fourth-order valence-electron chi connectivity index (χ4n) is 4.53. The largest absolute Gasteiger partial charge is 0.351 e. The van der Waals surface area contributed by atoms with Crippen LogP contribution in [0, 0.1) is 0 Å². The van der Waals surface area contributed by atoms with Gasteiger partial charge in [0, 0.05) is 35.4 Å². The van der Waals surface area contributed by atoms with Crippen molar-refractivity contribution in [2.24, 2.45) is 0 Å². The van der Waals surface area contributed by atoms with Crippen LogP contribution in [0.4, 0.5) is 0 Å². The van der Waals surface area contributed by atoms with Crippen LogP contribution in [0.1, 0.15) is 71.2 Å². The van der Waals surface area contributed by atoms with E-state index in [4.69, 9.17) is 0 Å². The third-order valence-corrected chi connectivity index (χ3v) is 7.07. The molecule has 144 valence electrons. The molecule has 1 aliphatic carbocycles. The van der Waals surface area contributed by atoms with Crippen molar-refractivity contribution >= 4 is 17.2 Å². The molecule has 1 saturated heterocycles. The number of likely N-dealkylation sites (tertiary alicyclic amines) is 1. The topological polar surface area (TPSA) is 45.2 Å². The summed E-state index contributed by atoms with van der Waals surface area (Å²) in [7, 11) is 0. The van der Waals surface area contributed by atoms with Crippen molar-refractivity contribution in [3.63, 3.8) is 0 Å². The number of rotatable bonds is 7. The number of carbonyl (C=O) groups is 1. The monoisotopic (exact) mass is 383 g/mol. The second-order valence-electron chi connectivity index (χ2n) is 7.72. The lowest BCUT2D eigenvalue weighted by molar-refractivity contribution is 0.0957. The van der Waals surface area contributed by atoms with Gasteiger partial charge in [0.15, 0.2) is 0 Å². The SMILES string of the molecule is O=C(NCCCc1ccccn1)c1ccc(C2CCCN2C2CCCC2)s1. The van der Waals surface area contributed by atoms with Crippen molar-refractivity contribution in [1.29, 1.82) is 0 Å². The first-order valence-corrected chi connectivity index (χ1v) is 11.2. The van der Waals surface area contributed by atoms with Crippen LogP contribution in [0.3, 0.4) is 0 Å². The zero-order chi connectivity index (χ0) is 18.5. The standard InChI is InChI=1S/C22H29N3OS/c26-22(24-15-5-8-17-7-3-4-14-23-17)21-13-12-20(27-21)19-11-6-16-25(19)18-9-1-2-10-18/h3-4,7,12-14,18-19H,1-2,5-6,8-11,15-16H2,(H,24,26). The number of pyridine rings is 1. The van der Waals surface area contributed by atoms with E-state index in [1.165, 1.54) is 49.9 Å². The van der Waals surface area contributed by atoms with E-state index in [1.807, 2.05) is 30.5 Å². The zero-order valence-corrected chi connectivity index (χ0v) is 16.7. The van der Waals surface area contributed by atoms with Crippen LogP contribution in [0.2, 0.25) is 0 Å². The van der Waals surface area contributed by atoms with E-state index in [1.54, 1.807) is 11.3 Å². The number of carbonyl (C=O) groups excluding carboxylic acids is 1. The third kappa shape index (κ3) is 4.58. The van der Waals surface area contributed by atoms with Crippen molar-refractivity contribution in [3.05, 3.63) is 52.0 Å². The second kappa shape index (κ2) is 8.98. The maximum atomic E-state index is 12.5. The Morgan fingerprint density at radius 2 is 2.04 bits per heavy atom. The highest BCUT2D eigenvalue weighted by Gasteiger charge is 2.34. The van der Waals surface area contributed by atoms with E-state index >= 15 is 0 Å². The number of thiophene rings is 1. The van der Waals surface area contributed by atoms with E-state index < -0.39 is 0 Å². The van der Waals surface area contributed by atoms with Crippen molar-refractivity contribution in [2.45, 2.75) is 63.5 Å². The molecule has 1 atom stereocenters. The van der Waals surface area contributed by atoms with E-state index in [0.29, 0.717) is 12.6 Å². The summed E-state index contributed by atoms with van der Waals surface area (Å²) < 4.78 is 0. The molecule has 4 nitrogen and oxygen atoms in total. The van der Waals surface area contributed by atoms with Gasteiger partial charge in [-0.3, -0.25) is 14.7 Å². The Kier molecular flexibility index (Phi) is 6.20. The average Bonchev–Trinajstić information content (AvgIpc) is 3.46. The molecule has 0 aromatic carbocycles. The summed E-state index contributed by atoms with van der Waals surface area (Å²) >= 11 is 1.69. The van der Waals surface area contributed by atoms with Gasteiger partial charge in [-0.25, -0.2) is 0 Å². The summed E-state index contributed by atoms with van der Waals surface area (Å²) in [5.41, 5.74) is 1.08. The van der Waals surface area contributed by atoms with E-state index in [-0.39, 0.29) is 5.91 Å². The van der Waals surface area contributed by atoms with Crippen LogP contribution in [0.15, 0.2) is 36.5 Å². The molecule has 5 heteroatoms. The van der Waals surface area contributed by atoms with E-state index in [2.05, 4.69) is 21.3 Å². The van der Waals surface area contributed by atoms with Gasteiger partial charge in [0.25, 0.3) is 5.91 Å².